The van der Waals surface area contributed by atoms with Crippen molar-refractivity contribution in [2.24, 2.45) is 17.6 Å². The topological polar surface area (TPSA) is 35.2 Å². The fourth-order valence-electron chi connectivity index (χ4n) is 2.95. The van der Waals surface area contributed by atoms with Crippen LogP contribution in [0.2, 0.25) is 0 Å². The number of benzene rings is 1. The third-order valence-corrected chi connectivity index (χ3v) is 4.65. The molecule has 100 valence electrons. The van der Waals surface area contributed by atoms with E-state index in [0.717, 1.165) is 16.1 Å². The van der Waals surface area contributed by atoms with Crippen LogP contribution in [0.5, 0.6) is 5.75 Å². The number of hydrogen-bond acceptors (Lipinski definition) is 2. The maximum atomic E-state index is 6.42. The Labute approximate surface area is 118 Å². The van der Waals surface area contributed by atoms with E-state index >= 15 is 0 Å². The fourth-order valence-corrected chi connectivity index (χ4v) is 3.46. The highest BCUT2D eigenvalue weighted by atomic mass is 79.9. The molecule has 0 spiro atoms. The van der Waals surface area contributed by atoms with Crippen molar-refractivity contribution >= 4 is 15.9 Å². The van der Waals surface area contributed by atoms with E-state index in [1.165, 1.54) is 24.8 Å². The quantitative estimate of drug-likeness (QED) is 0.900. The van der Waals surface area contributed by atoms with E-state index in [1.54, 1.807) is 0 Å². The van der Waals surface area contributed by atoms with Crippen LogP contribution >= 0.6 is 15.9 Å². The highest BCUT2D eigenvalue weighted by Crippen LogP contribution is 2.40. The van der Waals surface area contributed by atoms with Gasteiger partial charge < -0.3 is 10.5 Å². The summed E-state index contributed by atoms with van der Waals surface area (Å²) in [5.74, 6) is 2.26. The Morgan fingerprint density at radius 3 is 2.78 bits per heavy atom. The molecule has 1 saturated carbocycles. The largest absolute Gasteiger partial charge is 0.493 e. The van der Waals surface area contributed by atoms with Gasteiger partial charge in [-0.2, -0.15) is 0 Å². The van der Waals surface area contributed by atoms with Crippen molar-refractivity contribution < 1.29 is 4.74 Å². The zero-order valence-corrected chi connectivity index (χ0v) is 12.7. The molecule has 1 aromatic carbocycles. The number of rotatable bonds is 4. The van der Waals surface area contributed by atoms with Gasteiger partial charge in [-0.15, -0.1) is 0 Å². The van der Waals surface area contributed by atoms with Crippen molar-refractivity contribution in [2.45, 2.75) is 39.2 Å². The lowest BCUT2D eigenvalue weighted by Crippen LogP contribution is -2.23. The van der Waals surface area contributed by atoms with Crippen molar-refractivity contribution in [1.29, 1.82) is 0 Å². The zero-order valence-electron chi connectivity index (χ0n) is 11.2. The lowest BCUT2D eigenvalue weighted by molar-refractivity contribution is 0.336. The summed E-state index contributed by atoms with van der Waals surface area (Å²) in [4.78, 5) is 0. The first-order valence-corrected chi connectivity index (χ1v) is 7.60. The molecule has 1 aliphatic carbocycles. The van der Waals surface area contributed by atoms with Crippen LogP contribution in [0.3, 0.4) is 0 Å². The van der Waals surface area contributed by atoms with Gasteiger partial charge in [0.15, 0.2) is 0 Å². The molecule has 2 nitrogen and oxygen atoms in total. The summed E-state index contributed by atoms with van der Waals surface area (Å²) in [5.41, 5.74) is 7.63. The van der Waals surface area contributed by atoms with E-state index in [-0.39, 0.29) is 6.04 Å². The average Bonchev–Trinajstić information content (AvgIpc) is 2.77. The molecule has 18 heavy (non-hydrogen) atoms. The standard InChI is InChI=1S/C15H22BrNO/c1-3-18-14-8-7-11(9-13(14)16)15(17)12-6-4-5-10(12)2/h7-10,12,15H,3-6,17H2,1-2H3. The van der Waals surface area contributed by atoms with E-state index in [2.05, 4.69) is 35.0 Å². The molecule has 3 heteroatoms. The van der Waals surface area contributed by atoms with Crippen molar-refractivity contribution in [3.05, 3.63) is 28.2 Å². The van der Waals surface area contributed by atoms with Crippen LogP contribution < -0.4 is 10.5 Å². The maximum absolute atomic E-state index is 6.42. The molecule has 3 unspecified atom stereocenters. The Morgan fingerprint density at radius 1 is 1.44 bits per heavy atom. The Bertz CT molecular complexity index is 407. The number of halogens is 1. The van der Waals surface area contributed by atoms with E-state index in [4.69, 9.17) is 10.5 Å². The normalized spacial score (nSPS) is 25.1. The summed E-state index contributed by atoms with van der Waals surface area (Å²) < 4.78 is 6.53. The fraction of sp³-hybridized carbons (Fsp3) is 0.600. The zero-order chi connectivity index (χ0) is 13.1. The summed E-state index contributed by atoms with van der Waals surface area (Å²) in [6, 6.07) is 6.38. The van der Waals surface area contributed by atoms with Crippen LogP contribution in [0.25, 0.3) is 0 Å². The van der Waals surface area contributed by atoms with Gasteiger partial charge in [0.25, 0.3) is 0 Å². The van der Waals surface area contributed by atoms with Crippen molar-refractivity contribution in [3.63, 3.8) is 0 Å². The predicted octanol–water partition coefficient (Wildman–Crippen LogP) is 4.28. The summed E-state index contributed by atoms with van der Waals surface area (Å²) in [6.45, 7) is 5.00. The van der Waals surface area contributed by atoms with Crippen molar-refractivity contribution in [1.82, 2.24) is 0 Å². The molecule has 3 atom stereocenters. The molecule has 1 aromatic rings. The molecule has 1 aliphatic rings. The van der Waals surface area contributed by atoms with Crippen LogP contribution in [-0.4, -0.2) is 6.61 Å². The Balaban J connectivity index is 2.15. The molecular weight excluding hydrogens is 290 g/mol. The third kappa shape index (κ3) is 2.89. The Morgan fingerprint density at radius 2 is 2.22 bits per heavy atom. The summed E-state index contributed by atoms with van der Waals surface area (Å²) >= 11 is 3.56. The molecule has 1 fully saturated rings. The smallest absolute Gasteiger partial charge is 0.133 e. The average molecular weight is 312 g/mol. The summed E-state index contributed by atoms with van der Waals surface area (Å²) in [6.07, 6.45) is 3.89. The molecule has 0 saturated heterocycles. The highest BCUT2D eigenvalue weighted by molar-refractivity contribution is 9.10. The van der Waals surface area contributed by atoms with E-state index in [0.29, 0.717) is 12.5 Å². The van der Waals surface area contributed by atoms with Crippen molar-refractivity contribution in [3.8, 4) is 5.75 Å². The third-order valence-electron chi connectivity index (χ3n) is 4.03. The van der Waals surface area contributed by atoms with Gasteiger partial charge in [0, 0.05) is 6.04 Å². The first-order chi connectivity index (χ1) is 8.63. The molecule has 2 rings (SSSR count). The van der Waals surface area contributed by atoms with Crippen LogP contribution in [0.1, 0.15) is 44.7 Å². The molecule has 0 aliphatic heterocycles. The second kappa shape index (κ2) is 6.07. The van der Waals surface area contributed by atoms with Gasteiger partial charge in [0.1, 0.15) is 5.75 Å². The van der Waals surface area contributed by atoms with Gasteiger partial charge in [-0.05, 0) is 58.8 Å². The molecule has 0 heterocycles. The van der Waals surface area contributed by atoms with E-state index < -0.39 is 0 Å². The Hall–Kier alpha value is -0.540. The summed E-state index contributed by atoms with van der Waals surface area (Å²) in [7, 11) is 0. The van der Waals surface area contributed by atoms with Gasteiger partial charge in [-0.3, -0.25) is 0 Å². The second-order valence-electron chi connectivity index (χ2n) is 5.22. The maximum Gasteiger partial charge on any atom is 0.133 e. The SMILES string of the molecule is CCOc1ccc(C(N)C2CCCC2C)cc1Br. The van der Waals surface area contributed by atoms with Crippen LogP contribution in [-0.2, 0) is 0 Å². The van der Waals surface area contributed by atoms with E-state index in [1.807, 2.05) is 13.0 Å². The first-order valence-electron chi connectivity index (χ1n) is 6.81. The molecule has 0 aromatic heterocycles. The molecular formula is C15H22BrNO. The molecule has 0 amide bonds. The lowest BCUT2D eigenvalue weighted by atomic mass is 9.86. The van der Waals surface area contributed by atoms with Crippen LogP contribution in [0, 0.1) is 11.8 Å². The van der Waals surface area contributed by atoms with Crippen LogP contribution in [0.15, 0.2) is 22.7 Å². The molecule has 0 radical (unpaired) electrons. The van der Waals surface area contributed by atoms with Gasteiger partial charge in [-0.25, -0.2) is 0 Å². The summed E-state index contributed by atoms with van der Waals surface area (Å²) in [5, 5.41) is 0. The molecule has 2 N–H and O–H groups in total. The number of ether oxygens (including phenoxy) is 1. The minimum atomic E-state index is 0.148. The van der Waals surface area contributed by atoms with Gasteiger partial charge in [-0.1, -0.05) is 25.8 Å². The second-order valence-corrected chi connectivity index (χ2v) is 6.08. The first kappa shape index (κ1) is 13.9. The minimum absolute atomic E-state index is 0.148. The van der Waals surface area contributed by atoms with Gasteiger partial charge in [0.2, 0.25) is 0 Å². The lowest BCUT2D eigenvalue weighted by Gasteiger charge is -2.24. The highest BCUT2D eigenvalue weighted by Gasteiger charge is 2.29. The Kier molecular flexibility index (Phi) is 4.68. The van der Waals surface area contributed by atoms with Gasteiger partial charge >= 0.3 is 0 Å². The predicted molar refractivity (Wildman–Crippen MR) is 78.7 cm³/mol. The van der Waals surface area contributed by atoms with Gasteiger partial charge in [0.05, 0.1) is 11.1 Å². The van der Waals surface area contributed by atoms with Crippen molar-refractivity contribution in [2.75, 3.05) is 6.61 Å². The minimum Gasteiger partial charge on any atom is -0.493 e. The molecule has 0 bridgehead atoms. The number of hydrogen-bond donors (Lipinski definition) is 1. The number of nitrogens with two attached hydrogens (primary N) is 1. The van der Waals surface area contributed by atoms with Crippen LogP contribution in [0.4, 0.5) is 0 Å². The monoisotopic (exact) mass is 311 g/mol. The van der Waals surface area contributed by atoms with E-state index in [9.17, 15) is 0 Å².